The predicted octanol–water partition coefficient (Wildman–Crippen LogP) is 0.291. The number of rotatable bonds is 2. The predicted molar refractivity (Wildman–Crippen MR) is 66.7 cm³/mol. The molecule has 4 nitrogen and oxygen atoms in total. The summed E-state index contributed by atoms with van der Waals surface area (Å²) in [7, 11) is 0. The molecular formula is C13H23N3O. The molecule has 17 heavy (non-hydrogen) atoms. The highest BCUT2D eigenvalue weighted by Crippen LogP contribution is 2.31. The Balaban J connectivity index is 1.72. The molecule has 0 aromatic rings. The molecule has 3 aliphatic rings. The molecule has 0 radical (unpaired) electrons. The number of likely N-dealkylation sites (N-methyl/N-ethyl adjacent to an activating group) is 1. The molecule has 2 atom stereocenters. The molecule has 3 saturated heterocycles. The third-order valence-corrected chi connectivity index (χ3v) is 4.70. The van der Waals surface area contributed by atoms with E-state index in [4.69, 9.17) is 0 Å². The molecule has 1 amide bonds. The van der Waals surface area contributed by atoms with Crippen LogP contribution >= 0.6 is 0 Å². The highest BCUT2D eigenvalue weighted by molar-refractivity contribution is 5.81. The van der Waals surface area contributed by atoms with Gasteiger partial charge in [-0.3, -0.25) is 4.79 Å². The van der Waals surface area contributed by atoms with Gasteiger partial charge in [-0.1, -0.05) is 6.92 Å². The smallest absolute Gasteiger partial charge is 0.228 e. The van der Waals surface area contributed by atoms with Gasteiger partial charge in [-0.05, 0) is 25.8 Å². The maximum absolute atomic E-state index is 12.5. The molecule has 2 bridgehead atoms. The first-order valence-electron chi connectivity index (χ1n) is 7.05. The summed E-state index contributed by atoms with van der Waals surface area (Å²) in [4.78, 5) is 17.2. The summed E-state index contributed by atoms with van der Waals surface area (Å²) in [5, 5.41) is 3.21. The van der Waals surface area contributed by atoms with Crippen LogP contribution in [0.1, 0.15) is 26.2 Å². The number of carbonyl (C=O) groups excluding carboxylic acids is 1. The van der Waals surface area contributed by atoms with Gasteiger partial charge >= 0.3 is 0 Å². The van der Waals surface area contributed by atoms with E-state index in [0.717, 1.165) is 26.2 Å². The number of carbonyl (C=O) groups is 1. The fourth-order valence-corrected chi connectivity index (χ4v) is 3.47. The van der Waals surface area contributed by atoms with Gasteiger partial charge in [-0.2, -0.15) is 0 Å². The number of hydrogen-bond donors (Lipinski definition) is 1. The first kappa shape index (κ1) is 11.5. The first-order chi connectivity index (χ1) is 8.29. The molecule has 0 saturated carbocycles. The average molecular weight is 237 g/mol. The number of nitrogens with one attached hydrogen (secondary N) is 1. The van der Waals surface area contributed by atoms with Crippen molar-refractivity contribution in [3.05, 3.63) is 0 Å². The fraction of sp³-hybridized carbons (Fsp3) is 0.923. The van der Waals surface area contributed by atoms with E-state index in [1.54, 1.807) is 0 Å². The van der Waals surface area contributed by atoms with Gasteiger partial charge in [0.25, 0.3) is 0 Å². The van der Waals surface area contributed by atoms with Crippen LogP contribution in [-0.2, 0) is 4.79 Å². The quantitative estimate of drug-likeness (QED) is 0.750. The van der Waals surface area contributed by atoms with E-state index in [0.29, 0.717) is 18.0 Å². The summed E-state index contributed by atoms with van der Waals surface area (Å²) >= 11 is 0. The van der Waals surface area contributed by atoms with Gasteiger partial charge in [0.1, 0.15) is 0 Å². The zero-order chi connectivity index (χ0) is 11.8. The van der Waals surface area contributed by atoms with Crippen LogP contribution in [0.25, 0.3) is 0 Å². The normalized spacial score (nSPS) is 34.5. The SMILES string of the molecule is CCN1CCC2CCC(C1)N2C(=O)C1CNC1. The van der Waals surface area contributed by atoms with Crippen LogP contribution < -0.4 is 5.32 Å². The van der Waals surface area contributed by atoms with Crippen molar-refractivity contribution in [3.8, 4) is 0 Å². The van der Waals surface area contributed by atoms with Gasteiger partial charge in [0, 0.05) is 38.3 Å². The van der Waals surface area contributed by atoms with Gasteiger partial charge in [-0.15, -0.1) is 0 Å². The van der Waals surface area contributed by atoms with E-state index in [2.05, 4.69) is 22.0 Å². The molecule has 0 aromatic carbocycles. The minimum Gasteiger partial charge on any atom is -0.335 e. The van der Waals surface area contributed by atoms with Crippen molar-refractivity contribution in [1.82, 2.24) is 15.1 Å². The van der Waals surface area contributed by atoms with Crippen LogP contribution in [0.3, 0.4) is 0 Å². The van der Waals surface area contributed by atoms with E-state index >= 15 is 0 Å². The molecular weight excluding hydrogens is 214 g/mol. The number of amides is 1. The van der Waals surface area contributed by atoms with Crippen LogP contribution in [0.5, 0.6) is 0 Å². The summed E-state index contributed by atoms with van der Waals surface area (Å²) < 4.78 is 0. The zero-order valence-corrected chi connectivity index (χ0v) is 10.7. The molecule has 3 fully saturated rings. The molecule has 3 heterocycles. The highest BCUT2D eigenvalue weighted by atomic mass is 16.2. The Labute approximate surface area is 103 Å². The molecule has 96 valence electrons. The summed E-state index contributed by atoms with van der Waals surface area (Å²) in [6.07, 6.45) is 3.62. The van der Waals surface area contributed by atoms with Crippen molar-refractivity contribution in [1.29, 1.82) is 0 Å². The Morgan fingerprint density at radius 2 is 2.00 bits per heavy atom. The lowest BCUT2D eigenvalue weighted by molar-refractivity contribution is -0.139. The largest absolute Gasteiger partial charge is 0.335 e. The first-order valence-corrected chi connectivity index (χ1v) is 7.05. The van der Waals surface area contributed by atoms with E-state index in [1.807, 2.05) is 0 Å². The maximum atomic E-state index is 12.5. The number of hydrogen-bond acceptors (Lipinski definition) is 3. The summed E-state index contributed by atoms with van der Waals surface area (Å²) in [6, 6.07) is 1.03. The standard InChI is InChI=1S/C13H23N3O/c1-2-15-6-5-11-3-4-12(9-15)16(11)13(17)10-7-14-8-10/h10-12,14H,2-9H2,1H3. The van der Waals surface area contributed by atoms with Crippen molar-refractivity contribution in [2.45, 2.75) is 38.3 Å². The van der Waals surface area contributed by atoms with Crippen molar-refractivity contribution in [3.63, 3.8) is 0 Å². The van der Waals surface area contributed by atoms with Crippen LogP contribution in [0, 0.1) is 5.92 Å². The van der Waals surface area contributed by atoms with Crippen LogP contribution in [-0.4, -0.2) is 60.5 Å². The second-order valence-corrected chi connectivity index (χ2v) is 5.67. The van der Waals surface area contributed by atoms with Crippen molar-refractivity contribution in [2.75, 3.05) is 32.7 Å². The Bertz CT molecular complexity index is 303. The Morgan fingerprint density at radius 1 is 1.24 bits per heavy atom. The lowest BCUT2D eigenvalue weighted by Gasteiger charge is -2.35. The lowest BCUT2D eigenvalue weighted by atomic mass is 10.0. The van der Waals surface area contributed by atoms with Gasteiger partial charge in [0.05, 0.1) is 5.92 Å². The molecule has 3 rings (SSSR count). The van der Waals surface area contributed by atoms with Gasteiger partial charge in [-0.25, -0.2) is 0 Å². The highest BCUT2D eigenvalue weighted by Gasteiger charge is 2.42. The summed E-state index contributed by atoms with van der Waals surface area (Å²) in [5.74, 6) is 0.695. The molecule has 1 N–H and O–H groups in total. The van der Waals surface area contributed by atoms with Crippen LogP contribution in [0.15, 0.2) is 0 Å². The Kier molecular flexibility index (Phi) is 3.09. The molecule has 0 spiro atoms. The Morgan fingerprint density at radius 3 is 2.65 bits per heavy atom. The second-order valence-electron chi connectivity index (χ2n) is 5.67. The second kappa shape index (κ2) is 4.58. The lowest BCUT2D eigenvalue weighted by Crippen LogP contribution is -2.55. The monoisotopic (exact) mass is 237 g/mol. The third-order valence-electron chi connectivity index (χ3n) is 4.70. The van der Waals surface area contributed by atoms with E-state index in [1.165, 1.54) is 25.8 Å². The van der Waals surface area contributed by atoms with Crippen molar-refractivity contribution < 1.29 is 4.79 Å². The van der Waals surface area contributed by atoms with E-state index in [-0.39, 0.29) is 5.92 Å². The number of nitrogens with zero attached hydrogens (tertiary/aromatic N) is 2. The average Bonchev–Trinajstić information content (AvgIpc) is 2.51. The molecule has 0 aromatic heterocycles. The summed E-state index contributed by atoms with van der Waals surface area (Å²) in [5.41, 5.74) is 0. The minimum atomic E-state index is 0.270. The molecule has 2 unspecified atom stereocenters. The molecule has 3 aliphatic heterocycles. The van der Waals surface area contributed by atoms with Gasteiger partial charge in [0.15, 0.2) is 0 Å². The Hall–Kier alpha value is -0.610. The maximum Gasteiger partial charge on any atom is 0.228 e. The fourth-order valence-electron chi connectivity index (χ4n) is 3.47. The zero-order valence-electron chi connectivity index (χ0n) is 10.7. The van der Waals surface area contributed by atoms with E-state index < -0.39 is 0 Å². The van der Waals surface area contributed by atoms with Crippen molar-refractivity contribution >= 4 is 5.91 Å². The number of fused-ring (bicyclic) bond motifs is 2. The number of likely N-dealkylation sites (tertiary alicyclic amines) is 1. The molecule has 4 heteroatoms. The van der Waals surface area contributed by atoms with Gasteiger partial charge < -0.3 is 15.1 Å². The third kappa shape index (κ3) is 1.97. The molecule has 0 aliphatic carbocycles. The van der Waals surface area contributed by atoms with Crippen molar-refractivity contribution in [2.24, 2.45) is 5.92 Å². The van der Waals surface area contributed by atoms with Gasteiger partial charge in [0.2, 0.25) is 5.91 Å². The summed E-state index contributed by atoms with van der Waals surface area (Å²) in [6.45, 7) is 7.40. The topological polar surface area (TPSA) is 35.6 Å². The van der Waals surface area contributed by atoms with Crippen LogP contribution in [0.2, 0.25) is 0 Å². The van der Waals surface area contributed by atoms with E-state index in [9.17, 15) is 4.79 Å². The minimum absolute atomic E-state index is 0.270. The van der Waals surface area contributed by atoms with Crippen LogP contribution in [0.4, 0.5) is 0 Å².